The van der Waals surface area contributed by atoms with Gasteiger partial charge in [0.2, 0.25) is 0 Å². The van der Waals surface area contributed by atoms with Gasteiger partial charge in [-0.1, -0.05) is 0 Å². The highest BCUT2D eigenvalue weighted by atomic mass is 16.5. The van der Waals surface area contributed by atoms with E-state index in [0.29, 0.717) is 35.3 Å². The van der Waals surface area contributed by atoms with E-state index in [1.165, 1.54) is 19.4 Å². The predicted molar refractivity (Wildman–Crippen MR) is 76.3 cm³/mol. The van der Waals surface area contributed by atoms with Crippen molar-refractivity contribution in [1.82, 2.24) is 4.98 Å². The Labute approximate surface area is 122 Å². The van der Waals surface area contributed by atoms with Crippen LogP contribution in [0.15, 0.2) is 36.5 Å². The highest BCUT2D eigenvalue weighted by Gasteiger charge is 2.23. The van der Waals surface area contributed by atoms with E-state index >= 15 is 0 Å². The Morgan fingerprint density at radius 3 is 2.48 bits per heavy atom. The Balaban J connectivity index is 1.74. The van der Waals surface area contributed by atoms with Crippen molar-refractivity contribution in [3.63, 3.8) is 0 Å². The second-order valence-electron chi connectivity index (χ2n) is 4.77. The minimum Gasteiger partial charge on any atom is -0.493 e. The molecule has 1 heterocycles. The van der Waals surface area contributed by atoms with Crippen LogP contribution in [0.4, 0.5) is 0 Å². The van der Waals surface area contributed by atoms with Crippen LogP contribution in [-0.2, 0) is 0 Å². The van der Waals surface area contributed by atoms with Crippen LogP contribution in [0.1, 0.15) is 23.3 Å². The van der Waals surface area contributed by atoms with Gasteiger partial charge in [-0.25, -0.2) is 4.98 Å². The Bertz CT molecular complexity index is 635. The van der Waals surface area contributed by atoms with Crippen LogP contribution in [0.3, 0.4) is 0 Å². The maximum Gasteiger partial charge on any atom is 0.187 e. The van der Waals surface area contributed by atoms with Crippen molar-refractivity contribution in [2.75, 3.05) is 7.11 Å². The third-order valence-corrected chi connectivity index (χ3v) is 3.07. The first kappa shape index (κ1) is 13.4. The van der Waals surface area contributed by atoms with Gasteiger partial charge in [0.05, 0.1) is 19.4 Å². The minimum atomic E-state index is 0.299. The summed E-state index contributed by atoms with van der Waals surface area (Å²) in [5.41, 5.74) is 0.299. The van der Waals surface area contributed by atoms with Gasteiger partial charge in [-0.3, -0.25) is 4.79 Å². The normalized spacial score (nSPS) is 13.6. The lowest BCUT2D eigenvalue weighted by Gasteiger charge is -2.11. The van der Waals surface area contributed by atoms with E-state index in [4.69, 9.17) is 14.2 Å². The van der Waals surface area contributed by atoms with Gasteiger partial charge in [-0.15, -0.1) is 0 Å². The molecule has 1 fully saturated rings. The topological polar surface area (TPSA) is 57.7 Å². The summed E-state index contributed by atoms with van der Waals surface area (Å²) >= 11 is 0. The van der Waals surface area contributed by atoms with Crippen LogP contribution in [0.25, 0.3) is 0 Å². The van der Waals surface area contributed by atoms with Crippen LogP contribution < -0.4 is 14.2 Å². The summed E-state index contributed by atoms with van der Waals surface area (Å²) in [6, 6.07) is 8.92. The van der Waals surface area contributed by atoms with Gasteiger partial charge in [-0.05, 0) is 37.1 Å². The average Bonchev–Trinajstić information content (AvgIpc) is 3.33. The molecule has 0 saturated heterocycles. The van der Waals surface area contributed by atoms with E-state index in [0.717, 1.165) is 18.6 Å². The zero-order chi connectivity index (χ0) is 14.7. The number of carbonyl (C=O) groups is 1. The number of pyridine rings is 1. The highest BCUT2D eigenvalue weighted by molar-refractivity contribution is 5.73. The standard InChI is InChI=1S/C16H15NO4/c1-19-15-8-11(10-18)17-9-16(15)21-14-6-4-13(5-7-14)20-12-2-3-12/h4-10,12H,2-3H2,1H3. The molecule has 1 aromatic carbocycles. The van der Waals surface area contributed by atoms with Gasteiger partial charge in [-0.2, -0.15) is 0 Å². The molecule has 21 heavy (non-hydrogen) atoms. The molecule has 5 nitrogen and oxygen atoms in total. The lowest BCUT2D eigenvalue weighted by molar-refractivity contribution is 0.111. The smallest absolute Gasteiger partial charge is 0.187 e. The summed E-state index contributed by atoms with van der Waals surface area (Å²) in [6.45, 7) is 0. The number of benzene rings is 1. The SMILES string of the molecule is COc1cc(C=O)ncc1Oc1ccc(OC2CC2)cc1. The van der Waals surface area contributed by atoms with Crippen LogP contribution in [-0.4, -0.2) is 24.5 Å². The summed E-state index contributed by atoms with van der Waals surface area (Å²) in [6.07, 6.45) is 4.76. The van der Waals surface area contributed by atoms with Crippen molar-refractivity contribution >= 4 is 6.29 Å². The van der Waals surface area contributed by atoms with Crippen molar-refractivity contribution in [3.8, 4) is 23.0 Å². The van der Waals surface area contributed by atoms with E-state index < -0.39 is 0 Å². The Hall–Kier alpha value is -2.56. The lowest BCUT2D eigenvalue weighted by atomic mass is 10.3. The van der Waals surface area contributed by atoms with E-state index in [2.05, 4.69) is 4.98 Å². The van der Waals surface area contributed by atoms with Crippen molar-refractivity contribution in [2.24, 2.45) is 0 Å². The molecule has 0 spiro atoms. The third kappa shape index (κ3) is 3.31. The largest absolute Gasteiger partial charge is 0.493 e. The average molecular weight is 285 g/mol. The number of aldehydes is 1. The first-order valence-corrected chi connectivity index (χ1v) is 6.72. The second kappa shape index (κ2) is 5.83. The Morgan fingerprint density at radius 1 is 1.14 bits per heavy atom. The number of carbonyl (C=O) groups excluding carboxylic acids is 1. The highest BCUT2D eigenvalue weighted by Crippen LogP contribution is 2.32. The zero-order valence-electron chi connectivity index (χ0n) is 11.6. The van der Waals surface area contributed by atoms with Gasteiger partial charge in [0.25, 0.3) is 0 Å². The van der Waals surface area contributed by atoms with Crippen molar-refractivity contribution in [3.05, 3.63) is 42.2 Å². The first-order valence-electron chi connectivity index (χ1n) is 6.72. The fourth-order valence-electron chi connectivity index (χ4n) is 1.83. The van der Waals surface area contributed by atoms with Crippen LogP contribution >= 0.6 is 0 Å². The number of aromatic nitrogens is 1. The molecule has 0 unspecified atom stereocenters. The predicted octanol–water partition coefficient (Wildman–Crippen LogP) is 3.24. The van der Waals surface area contributed by atoms with E-state index in [-0.39, 0.29) is 0 Å². The molecule has 1 saturated carbocycles. The third-order valence-electron chi connectivity index (χ3n) is 3.07. The number of rotatable bonds is 6. The van der Waals surface area contributed by atoms with Crippen LogP contribution in [0.5, 0.6) is 23.0 Å². The minimum absolute atomic E-state index is 0.299. The van der Waals surface area contributed by atoms with Crippen LogP contribution in [0.2, 0.25) is 0 Å². The molecule has 2 aromatic rings. The number of nitrogens with zero attached hydrogens (tertiary/aromatic N) is 1. The first-order chi connectivity index (χ1) is 10.3. The number of hydrogen-bond acceptors (Lipinski definition) is 5. The molecule has 5 heteroatoms. The molecule has 0 amide bonds. The van der Waals surface area contributed by atoms with E-state index in [9.17, 15) is 4.79 Å². The molecule has 108 valence electrons. The van der Waals surface area contributed by atoms with Gasteiger partial charge < -0.3 is 14.2 Å². The second-order valence-corrected chi connectivity index (χ2v) is 4.77. The Morgan fingerprint density at radius 2 is 1.86 bits per heavy atom. The van der Waals surface area contributed by atoms with Crippen LogP contribution in [0, 0.1) is 0 Å². The molecule has 3 rings (SSSR count). The molecule has 0 radical (unpaired) electrons. The summed E-state index contributed by atoms with van der Waals surface area (Å²) in [7, 11) is 1.52. The van der Waals surface area contributed by atoms with Crippen molar-refractivity contribution in [1.29, 1.82) is 0 Å². The number of hydrogen-bond donors (Lipinski definition) is 0. The molecular formula is C16H15NO4. The lowest BCUT2D eigenvalue weighted by Crippen LogP contribution is -1.96. The van der Waals surface area contributed by atoms with Gasteiger partial charge in [0.1, 0.15) is 17.2 Å². The molecular weight excluding hydrogens is 270 g/mol. The number of methoxy groups -OCH3 is 1. The molecule has 0 aliphatic heterocycles. The molecule has 0 N–H and O–H groups in total. The molecule has 0 bridgehead atoms. The quantitative estimate of drug-likeness (QED) is 0.763. The monoisotopic (exact) mass is 285 g/mol. The van der Waals surface area contributed by atoms with Crippen molar-refractivity contribution in [2.45, 2.75) is 18.9 Å². The summed E-state index contributed by atoms with van der Waals surface area (Å²) in [5, 5.41) is 0. The summed E-state index contributed by atoms with van der Waals surface area (Å²) in [4.78, 5) is 14.7. The Kier molecular flexibility index (Phi) is 3.73. The van der Waals surface area contributed by atoms with E-state index in [1.54, 1.807) is 0 Å². The van der Waals surface area contributed by atoms with E-state index in [1.807, 2.05) is 24.3 Å². The molecule has 1 aromatic heterocycles. The fourth-order valence-corrected chi connectivity index (χ4v) is 1.83. The summed E-state index contributed by atoms with van der Waals surface area (Å²) < 4.78 is 16.6. The zero-order valence-corrected chi connectivity index (χ0v) is 11.6. The molecule has 0 atom stereocenters. The maximum absolute atomic E-state index is 10.7. The molecule has 1 aliphatic rings. The van der Waals surface area contributed by atoms with Gasteiger partial charge >= 0.3 is 0 Å². The summed E-state index contributed by atoms with van der Waals surface area (Å²) in [5.74, 6) is 2.41. The number of ether oxygens (including phenoxy) is 3. The fraction of sp³-hybridized carbons (Fsp3) is 0.250. The maximum atomic E-state index is 10.7. The van der Waals surface area contributed by atoms with Gasteiger partial charge in [0.15, 0.2) is 17.8 Å². The molecule has 1 aliphatic carbocycles. The van der Waals surface area contributed by atoms with Crippen molar-refractivity contribution < 1.29 is 19.0 Å². The van der Waals surface area contributed by atoms with Gasteiger partial charge in [0, 0.05) is 6.07 Å².